The Kier molecular flexibility index (Phi) is 5.22. The highest BCUT2D eigenvalue weighted by molar-refractivity contribution is 7.89. The van der Waals surface area contributed by atoms with Gasteiger partial charge in [-0.25, -0.2) is 18.1 Å². The summed E-state index contributed by atoms with van der Waals surface area (Å²) in [6.07, 6.45) is 4.59. The Morgan fingerprint density at radius 2 is 2.10 bits per heavy atom. The van der Waals surface area contributed by atoms with Crippen molar-refractivity contribution in [2.45, 2.75) is 51.0 Å². The number of nitrogens with zero attached hydrogens (tertiary/aromatic N) is 1. The largest absolute Gasteiger partial charge is 0.370 e. The van der Waals surface area contributed by atoms with Crippen molar-refractivity contribution in [1.82, 2.24) is 9.71 Å². The van der Waals surface area contributed by atoms with E-state index in [4.69, 9.17) is 0 Å². The van der Waals surface area contributed by atoms with E-state index >= 15 is 0 Å². The Hall–Kier alpha value is -1.14. The number of hydrogen-bond acceptors (Lipinski definition) is 4. The van der Waals surface area contributed by atoms with Crippen molar-refractivity contribution >= 4 is 15.8 Å². The highest BCUT2D eigenvalue weighted by Gasteiger charge is 2.29. The first-order valence-corrected chi connectivity index (χ1v) is 9.13. The van der Waals surface area contributed by atoms with Gasteiger partial charge in [-0.15, -0.1) is 0 Å². The van der Waals surface area contributed by atoms with E-state index in [-0.39, 0.29) is 10.9 Å². The molecule has 3 unspecified atom stereocenters. The highest BCUT2D eigenvalue weighted by Crippen LogP contribution is 2.29. The van der Waals surface area contributed by atoms with Crippen molar-refractivity contribution in [1.29, 1.82) is 0 Å². The molecule has 0 spiro atoms. The second-order valence-electron chi connectivity index (χ2n) is 6.03. The monoisotopic (exact) mass is 311 g/mol. The van der Waals surface area contributed by atoms with E-state index in [1.807, 2.05) is 6.92 Å². The Balaban J connectivity index is 2.13. The SMILES string of the molecule is CCNc1cc(S(=O)(=O)NC2CCC(C)CC2C)ccn1. The molecule has 2 N–H and O–H groups in total. The molecule has 0 aliphatic heterocycles. The van der Waals surface area contributed by atoms with Gasteiger partial charge in [0.2, 0.25) is 10.0 Å². The molecule has 1 aromatic heterocycles. The molecule has 21 heavy (non-hydrogen) atoms. The van der Waals surface area contributed by atoms with Crippen LogP contribution < -0.4 is 10.0 Å². The Morgan fingerprint density at radius 1 is 1.33 bits per heavy atom. The maximum Gasteiger partial charge on any atom is 0.241 e. The molecule has 1 heterocycles. The van der Waals surface area contributed by atoms with Gasteiger partial charge in [0.1, 0.15) is 5.82 Å². The fraction of sp³-hybridized carbons (Fsp3) is 0.667. The van der Waals surface area contributed by atoms with Crippen LogP contribution in [0.5, 0.6) is 0 Å². The van der Waals surface area contributed by atoms with Crippen molar-refractivity contribution in [3.63, 3.8) is 0 Å². The molecule has 3 atom stereocenters. The third-order valence-electron chi connectivity index (χ3n) is 4.14. The summed E-state index contributed by atoms with van der Waals surface area (Å²) in [7, 11) is -3.48. The van der Waals surface area contributed by atoms with Crippen LogP contribution in [0.1, 0.15) is 40.0 Å². The van der Waals surface area contributed by atoms with E-state index in [0.29, 0.717) is 24.2 Å². The highest BCUT2D eigenvalue weighted by atomic mass is 32.2. The van der Waals surface area contributed by atoms with Crippen LogP contribution in [-0.2, 0) is 10.0 Å². The first kappa shape index (κ1) is 16.2. The van der Waals surface area contributed by atoms with Gasteiger partial charge in [-0.1, -0.05) is 13.8 Å². The van der Waals surface area contributed by atoms with Crippen LogP contribution in [0, 0.1) is 11.8 Å². The first-order valence-electron chi connectivity index (χ1n) is 7.64. The Labute approximate surface area is 127 Å². The minimum Gasteiger partial charge on any atom is -0.370 e. The quantitative estimate of drug-likeness (QED) is 0.877. The maximum absolute atomic E-state index is 12.5. The van der Waals surface area contributed by atoms with Gasteiger partial charge in [0.25, 0.3) is 0 Å². The average Bonchev–Trinajstić information content (AvgIpc) is 2.43. The van der Waals surface area contributed by atoms with Gasteiger partial charge in [-0.05, 0) is 44.1 Å². The van der Waals surface area contributed by atoms with Gasteiger partial charge in [-0.3, -0.25) is 0 Å². The number of anilines is 1. The van der Waals surface area contributed by atoms with E-state index in [1.165, 1.54) is 6.20 Å². The predicted molar refractivity (Wildman–Crippen MR) is 84.7 cm³/mol. The number of aromatic nitrogens is 1. The molecule has 0 bridgehead atoms. The maximum atomic E-state index is 12.5. The lowest BCUT2D eigenvalue weighted by Crippen LogP contribution is -2.42. The summed E-state index contributed by atoms with van der Waals surface area (Å²) < 4.78 is 27.9. The number of hydrogen-bond donors (Lipinski definition) is 2. The van der Waals surface area contributed by atoms with Crippen LogP contribution >= 0.6 is 0 Å². The van der Waals surface area contributed by atoms with Crippen molar-refractivity contribution < 1.29 is 8.42 Å². The topological polar surface area (TPSA) is 71.1 Å². The molecule has 5 nitrogen and oxygen atoms in total. The van der Waals surface area contributed by atoms with Crippen molar-refractivity contribution in [2.24, 2.45) is 11.8 Å². The molecule has 1 aromatic rings. The van der Waals surface area contributed by atoms with Gasteiger partial charge in [0, 0.05) is 24.8 Å². The van der Waals surface area contributed by atoms with Crippen LogP contribution in [-0.4, -0.2) is 26.0 Å². The zero-order valence-electron chi connectivity index (χ0n) is 13.0. The van der Waals surface area contributed by atoms with E-state index in [1.54, 1.807) is 12.1 Å². The molecule has 1 fully saturated rings. The lowest BCUT2D eigenvalue weighted by Gasteiger charge is -2.32. The molecule has 0 aromatic carbocycles. The van der Waals surface area contributed by atoms with Crippen LogP contribution in [0.4, 0.5) is 5.82 Å². The molecule has 0 saturated heterocycles. The van der Waals surface area contributed by atoms with E-state index < -0.39 is 10.0 Å². The summed E-state index contributed by atoms with van der Waals surface area (Å²) in [4.78, 5) is 4.39. The summed E-state index contributed by atoms with van der Waals surface area (Å²) in [5.74, 6) is 1.64. The standard InChI is InChI=1S/C15H25N3O2S/c1-4-16-15-10-13(7-8-17-15)21(19,20)18-14-6-5-11(2)9-12(14)3/h7-8,10-12,14,18H,4-6,9H2,1-3H3,(H,16,17). The lowest BCUT2D eigenvalue weighted by molar-refractivity contribution is 0.249. The number of sulfonamides is 1. The smallest absolute Gasteiger partial charge is 0.241 e. The van der Waals surface area contributed by atoms with Gasteiger partial charge in [0.15, 0.2) is 0 Å². The molecule has 1 saturated carbocycles. The zero-order valence-corrected chi connectivity index (χ0v) is 13.8. The van der Waals surface area contributed by atoms with Gasteiger partial charge in [-0.2, -0.15) is 0 Å². The summed E-state index contributed by atoms with van der Waals surface area (Å²) in [5, 5.41) is 3.03. The van der Waals surface area contributed by atoms with Crippen LogP contribution in [0.15, 0.2) is 23.2 Å². The number of pyridine rings is 1. The normalized spacial score (nSPS) is 26.5. The second-order valence-corrected chi connectivity index (χ2v) is 7.74. The molecule has 0 radical (unpaired) electrons. The summed E-state index contributed by atoms with van der Waals surface area (Å²) in [6.45, 7) is 7.01. The molecular weight excluding hydrogens is 286 g/mol. The van der Waals surface area contributed by atoms with Crippen LogP contribution in [0.25, 0.3) is 0 Å². The van der Waals surface area contributed by atoms with E-state index in [2.05, 4.69) is 28.9 Å². The van der Waals surface area contributed by atoms with Gasteiger partial charge in [0.05, 0.1) is 4.90 Å². The molecule has 1 aliphatic carbocycles. The Bertz CT molecular complexity index is 574. The molecular formula is C15H25N3O2S. The second kappa shape index (κ2) is 6.75. The number of rotatable bonds is 5. The van der Waals surface area contributed by atoms with Crippen molar-refractivity contribution in [3.05, 3.63) is 18.3 Å². The van der Waals surface area contributed by atoms with Crippen LogP contribution in [0.2, 0.25) is 0 Å². The lowest BCUT2D eigenvalue weighted by atomic mass is 9.80. The predicted octanol–water partition coefficient (Wildman–Crippen LogP) is 2.62. The van der Waals surface area contributed by atoms with E-state index in [9.17, 15) is 8.42 Å². The molecule has 1 aliphatic rings. The average molecular weight is 311 g/mol. The van der Waals surface area contributed by atoms with Gasteiger partial charge >= 0.3 is 0 Å². The third kappa shape index (κ3) is 4.17. The number of nitrogens with one attached hydrogen (secondary N) is 2. The van der Waals surface area contributed by atoms with Crippen molar-refractivity contribution in [3.8, 4) is 0 Å². The zero-order chi connectivity index (χ0) is 15.5. The molecule has 2 rings (SSSR count). The third-order valence-corrected chi connectivity index (χ3v) is 5.63. The van der Waals surface area contributed by atoms with Crippen LogP contribution in [0.3, 0.4) is 0 Å². The minimum atomic E-state index is -3.48. The summed E-state index contributed by atoms with van der Waals surface area (Å²) >= 11 is 0. The molecule has 6 heteroatoms. The molecule has 118 valence electrons. The Morgan fingerprint density at radius 3 is 2.76 bits per heavy atom. The fourth-order valence-electron chi connectivity index (χ4n) is 2.96. The van der Waals surface area contributed by atoms with E-state index in [0.717, 1.165) is 19.3 Å². The first-order chi connectivity index (χ1) is 9.92. The molecule has 0 amide bonds. The fourth-order valence-corrected chi connectivity index (χ4v) is 4.36. The summed E-state index contributed by atoms with van der Waals surface area (Å²) in [5.41, 5.74) is 0. The van der Waals surface area contributed by atoms with Gasteiger partial charge < -0.3 is 5.32 Å². The minimum absolute atomic E-state index is 0.0296. The van der Waals surface area contributed by atoms with Crippen molar-refractivity contribution in [2.75, 3.05) is 11.9 Å². The summed E-state index contributed by atoms with van der Waals surface area (Å²) in [6, 6.07) is 3.16.